The Balaban J connectivity index is 0.00000264. The predicted octanol–water partition coefficient (Wildman–Crippen LogP) is 1.47. The van der Waals surface area contributed by atoms with Gasteiger partial charge in [0.1, 0.15) is 5.75 Å². The van der Waals surface area contributed by atoms with Gasteiger partial charge in [0.2, 0.25) is 5.91 Å². The molecule has 0 saturated carbocycles. The Morgan fingerprint density at radius 2 is 2.13 bits per heavy atom. The Hall–Kier alpha value is -1.79. The molecule has 1 heterocycles. The lowest BCUT2D eigenvalue weighted by molar-refractivity contribution is -0.125. The second kappa shape index (κ2) is 8.74. The highest BCUT2D eigenvalue weighted by molar-refractivity contribution is 6.00. The van der Waals surface area contributed by atoms with Gasteiger partial charge in [-0.25, -0.2) is 0 Å². The quantitative estimate of drug-likeness (QED) is 0.820. The Labute approximate surface area is 142 Å². The number of benzene rings is 1. The minimum Gasteiger partial charge on any atom is -0.479 e. The van der Waals surface area contributed by atoms with Crippen molar-refractivity contribution >= 4 is 29.9 Å². The third-order valence-electron chi connectivity index (χ3n) is 3.56. The Kier molecular flexibility index (Phi) is 7.32. The van der Waals surface area contributed by atoms with Gasteiger partial charge in [-0.1, -0.05) is 12.1 Å². The number of para-hydroxylation sites is 2. The van der Waals surface area contributed by atoms with Gasteiger partial charge in [-0.3, -0.25) is 9.59 Å². The Morgan fingerprint density at radius 1 is 1.43 bits per heavy atom. The van der Waals surface area contributed by atoms with Crippen LogP contribution in [0.15, 0.2) is 24.3 Å². The highest BCUT2D eigenvalue weighted by Gasteiger charge is 2.31. The standard InChI is InChI=1S/C16H23N3O3.ClH/c1-11(17)7-9-18-15(20)8-10-19-13-5-3-4-6-14(13)22-12(2)16(19)21;/h3-6,11-12H,7-10,17H2,1-2H3,(H,18,20);1H. The summed E-state index contributed by atoms with van der Waals surface area (Å²) in [5.41, 5.74) is 6.35. The summed E-state index contributed by atoms with van der Waals surface area (Å²) in [6, 6.07) is 7.43. The third kappa shape index (κ3) is 5.11. The van der Waals surface area contributed by atoms with Crippen LogP contribution in [0.4, 0.5) is 5.69 Å². The molecule has 0 aliphatic carbocycles. The van der Waals surface area contributed by atoms with Crippen molar-refractivity contribution in [3.05, 3.63) is 24.3 Å². The van der Waals surface area contributed by atoms with Crippen LogP contribution in [0.25, 0.3) is 0 Å². The van der Waals surface area contributed by atoms with Crippen molar-refractivity contribution in [2.75, 3.05) is 18.0 Å². The number of carbonyl (C=O) groups excluding carboxylic acids is 2. The van der Waals surface area contributed by atoms with E-state index in [1.165, 1.54) is 0 Å². The minimum absolute atomic E-state index is 0. The van der Waals surface area contributed by atoms with E-state index in [1.54, 1.807) is 11.8 Å². The van der Waals surface area contributed by atoms with Gasteiger partial charge in [0.25, 0.3) is 5.91 Å². The third-order valence-corrected chi connectivity index (χ3v) is 3.56. The number of anilines is 1. The maximum atomic E-state index is 12.3. The van der Waals surface area contributed by atoms with Crippen LogP contribution in [0, 0.1) is 0 Å². The monoisotopic (exact) mass is 341 g/mol. The molecule has 1 aliphatic heterocycles. The lowest BCUT2D eigenvalue weighted by atomic mass is 10.1. The molecule has 0 radical (unpaired) electrons. The number of halogens is 1. The largest absolute Gasteiger partial charge is 0.479 e. The van der Waals surface area contributed by atoms with Crippen molar-refractivity contribution in [3.63, 3.8) is 0 Å². The minimum atomic E-state index is -0.531. The predicted molar refractivity (Wildman–Crippen MR) is 92.0 cm³/mol. The summed E-state index contributed by atoms with van der Waals surface area (Å²) in [5, 5.41) is 2.82. The molecule has 0 fully saturated rings. The molecule has 2 unspecified atom stereocenters. The van der Waals surface area contributed by atoms with Crippen LogP contribution in [-0.4, -0.2) is 37.0 Å². The normalized spacial score (nSPS) is 17.6. The Morgan fingerprint density at radius 3 is 2.83 bits per heavy atom. The van der Waals surface area contributed by atoms with Crippen LogP contribution < -0.4 is 20.7 Å². The second-order valence-corrected chi connectivity index (χ2v) is 5.58. The van der Waals surface area contributed by atoms with E-state index in [4.69, 9.17) is 10.5 Å². The molecule has 1 aliphatic rings. The molecule has 2 atom stereocenters. The molecule has 128 valence electrons. The summed E-state index contributed by atoms with van der Waals surface area (Å²) < 4.78 is 5.57. The first kappa shape index (κ1) is 19.3. The Bertz CT molecular complexity index is 551. The number of amides is 2. The molecule has 1 aromatic carbocycles. The lowest BCUT2D eigenvalue weighted by Gasteiger charge is -2.32. The molecule has 3 N–H and O–H groups in total. The first-order chi connectivity index (χ1) is 10.5. The van der Waals surface area contributed by atoms with Crippen molar-refractivity contribution in [1.82, 2.24) is 5.32 Å². The number of nitrogens with two attached hydrogens (primary N) is 1. The first-order valence-corrected chi connectivity index (χ1v) is 7.58. The van der Waals surface area contributed by atoms with Gasteiger partial charge < -0.3 is 20.7 Å². The zero-order chi connectivity index (χ0) is 16.1. The van der Waals surface area contributed by atoms with E-state index < -0.39 is 6.10 Å². The average Bonchev–Trinajstić information content (AvgIpc) is 2.47. The summed E-state index contributed by atoms with van der Waals surface area (Å²) in [4.78, 5) is 25.7. The summed E-state index contributed by atoms with van der Waals surface area (Å²) in [6.07, 6.45) is 0.462. The number of hydrogen-bond acceptors (Lipinski definition) is 4. The number of hydrogen-bond donors (Lipinski definition) is 2. The van der Waals surface area contributed by atoms with E-state index in [0.29, 0.717) is 24.5 Å². The maximum absolute atomic E-state index is 12.3. The van der Waals surface area contributed by atoms with Crippen molar-refractivity contribution in [2.45, 2.75) is 38.8 Å². The van der Waals surface area contributed by atoms with Gasteiger partial charge in [-0.05, 0) is 32.4 Å². The van der Waals surface area contributed by atoms with E-state index >= 15 is 0 Å². The topological polar surface area (TPSA) is 84.7 Å². The van der Waals surface area contributed by atoms with Crippen molar-refractivity contribution < 1.29 is 14.3 Å². The molecule has 0 saturated heterocycles. The number of nitrogens with zero attached hydrogens (tertiary/aromatic N) is 1. The molecular weight excluding hydrogens is 318 g/mol. The fourth-order valence-electron chi connectivity index (χ4n) is 2.33. The van der Waals surface area contributed by atoms with Gasteiger partial charge >= 0.3 is 0 Å². The maximum Gasteiger partial charge on any atom is 0.267 e. The second-order valence-electron chi connectivity index (χ2n) is 5.58. The molecule has 7 heteroatoms. The molecule has 1 aromatic rings. The van der Waals surface area contributed by atoms with E-state index in [9.17, 15) is 9.59 Å². The number of rotatable bonds is 6. The summed E-state index contributed by atoms with van der Waals surface area (Å²) in [5.74, 6) is 0.471. The fraction of sp³-hybridized carbons (Fsp3) is 0.500. The highest BCUT2D eigenvalue weighted by atomic mass is 35.5. The summed E-state index contributed by atoms with van der Waals surface area (Å²) in [7, 11) is 0. The van der Waals surface area contributed by atoms with Crippen molar-refractivity contribution in [2.24, 2.45) is 5.73 Å². The zero-order valence-corrected chi connectivity index (χ0v) is 14.3. The van der Waals surface area contributed by atoms with Crippen LogP contribution in [-0.2, 0) is 9.59 Å². The van der Waals surface area contributed by atoms with E-state index in [1.807, 2.05) is 31.2 Å². The molecule has 0 aromatic heterocycles. The van der Waals surface area contributed by atoms with E-state index in [0.717, 1.165) is 6.42 Å². The molecule has 0 spiro atoms. The summed E-state index contributed by atoms with van der Waals surface area (Å²) >= 11 is 0. The number of ether oxygens (including phenoxy) is 1. The van der Waals surface area contributed by atoms with Crippen molar-refractivity contribution in [1.29, 1.82) is 0 Å². The SMILES string of the molecule is CC(N)CCNC(=O)CCN1C(=O)C(C)Oc2ccccc21.Cl. The van der Waals surface area contributed by atoms with E-state index in [-0.39, 0.29) is 36.7 Å². The van der Waals surface area contributed by atoms with Crippen LogP contribution >= 0.6 is 12.4 Å². The average molecular weight is 342 g/mol. The zero-order valence-electron chi connectivity index (χ0n) is 13.5. The number of fused-ring (bicyclic) bond motifs is 1. The first-order valence-electron chi connectivity index (χ1n) is 7.58. The molecule has 6 nitrogen and oxygen atoms in total. The summed E-state index contributed by atoms with van der Waals surface area (Å²) in [6.45, 7) is 4.51. The highest BCUT2D eigenvalue weighted by Crippen LogP contribution is 2.33. The van der Waals surface area contributed by atoms with Gasteiger partial charge in [0, 0.05) is 25.6 Å². The number of carbonyl (C=O) groups is 2. The lowest BCUT2D eigenvalue weighted by Crippen LogP contribution is -2.45. The molecule has 2 rings (SSSR count). The fourth-order valence-corrected chi connectivity index (χ4v) is 2.33. The number of nitrogens with one attached hydrogen (secondary N) is 1. The van der Waals surface area contributed by atoms with Crippen molar-refractivity contribution in [3.8, 4) is 5.75 Å². The van der Waals surface area contributed by atoms with Crippen LogP contribution in [0.5, 0.6) is 5.75 Å². The van der Waals surface area contributed by atoms with Crippen LogP contribution in [0.1, 0.15) is 26.7 Å². The molecule has 0 bridgehead atoms. The van der Waals surface area contributed by atoms with Gasteiger partial charge in [0.15, 0.2) is 6.10 Å². The molecule has 23 heavy (non-hydrogen) atoms. The van der Waals surface area contributed by atoms with Gasteiger partial charge in [-0.2, -0.15) is 0 Å². The van der Waals surface area contributed by atoms with Gasteiger partial charge in [-0.15, -0.1) is 12.4 Å². The van der Waals surface area contributed by atoms with Crippen LogP contribution in [0.3, 0.4) is 0 Å². The molecular formula is C16H24ClN3O3. The van der Waals surface area contributed by atoms with E-state index in [2.05, 4.69) is 5.32 Å². The van der Waals surface area contributed by atoms with Gasteiger partial charge in [0.05, 0.1) is 5.69 Å². The molecule has 2 amide bonds. The smallest absolute Gasteiger partial charge is 0.267 e. The van der Waals surface area contributed by atoms with Crippen LogP contribution in [0.2, 0.25) is 0 Å².